The number of imide groups is 1. The molecule has 1 atom stereocenters. The number of rotatable bonds is 6. The number of piperazine rings is 1. The number of benzene rings is 2. The number of halogens is 1. The topological polar surface area (TPSA) is 53.1 Å². The Bertz CT molecular complexity index is 893. The van der Waals surface area contributed by atoms with Crippen LogP contribution >= 0.6 is 0 Å². The third-order valence-electron chi connectivity index (χ3n) is 5.95. The Morgan fingerprint density at radius 1 is 0.967 bits per heavy atom. The number of hydrogen-bond donors (Lipinski definition) is 0. The van der Waals surface area contributed by atoms with Gasteiger partial charge in [-0.2, -0.15) is 0 Å². The molecule has 0 radical (unpaired) electrons. The van der Waals surface area contributed by atoms with Gasteiger partial charge in [-0.3, -0.25) is 19.4 Å². The van der Waals surface area contributed by atoms with E-state index >= 15 is 0 Å². The molecule has 2 aliphatic rings. The highest BCUT2D eigenvalue weighted by Gasteiger charge is 2.42. The standard InChI is InChI=1S/C23H26FN3O3/c1-30-20-8-2-17(3-9-20)10-11-27-22(28)16-21(23(27)29)26-14-12-25(13-15-26)19-6-4-18(24)5-7-19/h2-9,21H,10-16H2,1H3/t21-/m0/s1. The molecule has 7 heteroatoms. The van der Waals surface area contributed by atoms with E-state index in [1.165, 1.54) is 17.0 Å². The fourth-order valence-corrected chi connectivity index (χ4v) is 4.16. The Hall–Kier alpha value is -2.93. The summed E-state index contributed by atoms with van der Waals surface area (Å²) < 4.78 is 18.3. The van der Waals surface area contributed by atoms with Gasteiger partial charge in [-0.15, -0.1) is 0 Å². The van der Waals surface area contributed by atoms with E-state index in [-0.39, 0.29) is 30.1 Å². The molecule has 2 saturated heterocycles. The molecule has 2 fully saturated rings. The average Bonchev–Trinajstić information content (AvgIpc) is 3.06. The number of methoxy groups -OCH3 is 1. The minimum Gasteiger partial charge on any atom is -0.497 e. The Balaban J connectivity index is 1.32. The van der Waals surface area contributed by atoms with Gasteiger partial charge in [-0.25, -0.2) is 4.39 Å². The number of hydrogen-bond acceptors (Lipinski definition) is 5. The van der Waals surface area contributed by atoms with E-state index in [0.717, 1.165) is 30.1 Å². The number of carbonyl (C=O) groups excluding carboxylic acids is 2. The molecule has 4 rings (SSSR count). The van der Waals surface area contributed by atoms with Crippen LogP contribution in [0.4, 0.5) is 10.1 Å². The highest BCUT2D eigenvalue weighted by molar-refractivity contribution is 6.05. The van der Waals surface area contributed by atoms with Crippen molar-refractivity contribution in [2.75, 3.05) is 44.7 Å². The lowest BCUT2D eigenvalue weighted by molar-refractivity contribution is -0.139. The minimum absolute atomic E-state index is 0.0938. The first-order valence-electron chi connectivity index (χ1n) is 10.3. The number of anilines is 1. The van der Waals surface area contributed by atoms with Crippen molar-refractivity contribution in [3.05, 3.63) is 59.9 Å². The second-order valence-electron chi connectivity index (χ2n) is 7.70. The predicted octanol–water partition coefficient (Wildman–Crippen LogP) is 2.33. The highest BCUT2D eigenvalue weighted by Crippen LogP contribution is 2.23. The van der Waals surface area contributed by atoms with Gasteiger partial charge in [-0.05, 0) is 48.4 Å². The van der Waals surface area contributed by atoms with E-state index in [2.05, 4.69) is 9.80 Å². The SMILES string of the molecule is COc1ccc(CCN2C(=O)C[C@H](N3CCN(c4ccc(F)cc4)CC3)C2=O)cc1. The third kappa shape index (κ3) is 4.31. The van der Waals surface area contributed by atoms with E-state index in [1.54, 1.807) is 19.2 Å². The first kappa shape index (κ1) is 20.3. The Kier molecular flexibility index (Phi) is 5.99. The molecule has 0 bridgehead atoms. The van der Waals surface area contributed by atoms with Crippen molar-refractivity contribution in [1.29, 1.82) is 0 Å². The average molecular weight is 411 g/mol. The van der Waals surface area contributed by atoms with Gasteiger partial charge in [0, 0.05) is 38.4 Å². The van der Waals surface area contributed by atoms with Crippen LogP contribution < -0.4 is 9.64 Å². The molecule has 2 aromatic carbocycles. The molecular formula is C23H26FN3O3. The zero-order valence-electron chi connectivity index (χ0n) is 17.1. The largest absolute Gasteiger partial charge is 0.497 e. The summed E-state index contributed by atoms with van der Waals surface area (Å²) in [6, 6.07) is 13.8. The number of ether oxygens (including phenoxy) is 1. The fourth-order valence-electron chi connectivity index (χ4n) is 4.16. The summed E-state index contributed by atoms with van der Waals surface area (Å²) in [5, 5.41) is 0. The van der Waals surface area contributed by atoms with E-state index in [9.17, 15) is 14.0 Å². The number of likely N-dealkylation sites (tertiary alicyclic amines) is 1. The van der Waals surface area contributed by atoms with Crippen LogP contribution in [0.3, 0.4) is 0 Å². The van der Waals surface area contributed by atoms with Crippen LogP contribution in [-0.4, -0.2) is 67.5 Å². The zero-order chi connectivity index (χ0) is 21.1. The first-order chi connectivity index (χ1) is 14.5. The van der Waals surface area contributed by atoms with Gasteiger partial charge in [0.1, 0.15) is 11.6 Å². The number of nitrogens with zero attached hydrogens (tertiary/aromatic N) is 3. The molecule has 2 heterocycles. The van der Waals surface area contributed by atoms with E-state index < -0.39 is 0 Å². The van der Waals surface area contributed by atoms with Gasteiger partial charge < -0.3 is 9.64 Å². The highest BCUT2D eigenvalue weighted by atomic mass is 19.1. The Morgan fingerprint density at radius 3 is 2.27 bits per heavy atom. The van der Waals surface area contributed by atoms with Crippen molar-refractivity contribution in [2.24, 2.45) is 0 Å². The van der Waals surface area contributed by atoms with Crippen LogP contribution in [-0.2, 0) is 16.0 Å². The second kappa shape index (κ2) is 8.83. The summed E-state index contributed by atoms with van der Waals surface area (Å²) in [6.07, 6.45) is 0.879. The van der Waals surface area contributed by atoms with Crippen LogP contribution in [0.15, 0.2) is 48.5 Å². The maximum atomic E-state index is 13.1. The van der Waals surface area contributed by atoms with Crippen LogP contribution in [0.2, 0.25) is 0 Å². The quantitative estimate of drug-likeness (QED) is 0.683. The monoisotopic (exact) mass is 411 g/mol. The molecule has 0 spiro atoms. The second-order valence-corrected chi connectivity index (χ2v) is 7.70. The van der Waals surface area contributed by atoms with E-state index in [1.807, 2.05) is 24.3 Å². The summed E-state index contributed by atoms with van der Waals surface area (Å²) in [5.74, 6) is 0.345. The van der Waals surface area contributed by atoms with Gasteiger partial charge in [0.15, 0.2) is 0 Å². The molecule has 6 nitrogen and oxygen atoms in total. The van der Waals surface area contributed by atoms with Crippen LogP contribution in [0.5, 0.6) is 5.75 Å². The molecule has 30 heavy (non-hydrogen) atoms. The minimum atomic E-state index is -0.372. The van der Waals surface area contributed by atoms with Crippen molar-refractivity contribution < 1.29 is 18.7 Å². The molecule has 2 aliphatic heterocycles. The summed E-state index contributed by atoms with van der Waals surface area (Å²) in [4.78, 5) is 31.1. The molecule has 158 valence electrons. The molecule has 2 aromatic rings. The third-order valence-corrected chi connectivity index (χ3v) is 5.95. The maximum absolute atomic E-state index is 13.1. The maximum Gasteiger partial charge on any atom is 0.247 e. The van der Waals surface area contributed by atoms with Crippen molar-refractivity contribution in [3.8, 4) is 5.75 Å². The van der Waals surface area contributed by atoms with Crippen molar-refractivity contribution >= 4 is 17.5 Å². The van der Waals surface area contributed by atoms with Gasteiger partial charge >= 0.3 is 0 Å². The van der Waals surface area contributed by atoms with E-state index in [4.69, 9.17) is 4.74 Å². The smallest absolute Gasteiger partial charge is 0.247 e. The Morgan fingerprint density at radius 2 is 1.63 bits per heavy atom. The molecule has 0 aromatic heterocycles. The number of carbonyl (C=O) groups is 2. The lowest BCUT2D eigenvalue weighted by Crippen LogP contribution is -2.52. The van der Waals surface area contributed by atoms with Crippen molar-refractivity contribution in [1.82, 2.24) is 9.80 Å². The van der Waals surface area contributed by atoms with Gasteiger partial charge in [-0.1, -0.05) is 12.1 Å². The van der Waals surface area contributed by atoms with Gasteiger partial charge in [0.25, 0.3) is 0 Å². The van der Waals surface area contributed by atoms with Crippen molar-refractivity contribution in [3.63, 3.8) is 0 Å². The molecular weight excluding hydrogens is 385 g/mol. The van der Waals surface area contributed by atoms with Crippen LogP contribution in [0.1, 0.15) is 12.0 Å². The molecule has 0 unspecified atom stereocenters. The van der Waals surface area contributed by atoms with Gasteiger partial charge in [0.2, 0.25) is 11.8 Å². The van der Waals surface area contributed by atoms with E-state index in [0.29, 0.717) is 26.1 Å². The number of amides is 2. The van der Waals surface area contributed by atoms with Crippen molar-refractivity contribution in [2.45, 2.75) is 18.9 Å². The van der Waals surface area contributed by atoms with Crippen LogP contribution in [0.25, 0.3) is 0 Å². The fraction of sp³-hybridized carbons (Fsp3) is 0.391. The lowest BCUT2D eigenvalue weighted by atomic mass is 10.1. The van der Waals surface area contributed by atoms with Gasteiger partial charge in [0.05, 0.1) is 19.6 Å². The van der Waals surface area contributed by atoms with Crippen LogP contribution in [0, 0.1) is 5.82 Å². The molecule has 0 aliphatic carbocycles. The molecule has 0 N–H and O–H groups in total. The summed E-state index contributed by atoms with van der Waals surface area (Å²) in [5.41, 5.74) is 2.04. The summed E-state index contributed by atoms with van der Waals surface area (Å²) in [7, 11) is 1.62. The predicted molar refractivity (Wildman–Crippen MR) is 112 cm³/mol. The molecule has 0 saturated carbocycles. The summed E-state index contributed by atoms with van der Waals surface area (Å²) in [6.45, 7) is 3.29. The normalized spacial score (nSPS) is 20.1. The zero-order valence-corrected chi connectivity index (χ0v) is 17.1. The lowest BCUT2D eigenvalue weighted by Gasteiger charge is -2.38. The Labute approximate surface area is 175 Å². The summed E-state index contributed by atoms with van der Waals surface area (Å²) >= 11 is 0. The molecule has 2 amide bonds. The first-order valence-corrected chi connectivity index (χ1v) is 10.3.